The molecule has 1 saturated heterocycles. The summed E-state index contributed by atoms with van der Waals surface area (Å²) in [6, 6.07) is 4.09. The number of rotatable bonds is 4. The summed E-state index contributed by atoms with van der Waals surface area (Å²) >= 11 is 0. The Balaban J connectivity index is 1.85. The van der Waals surface area contributed by atoms with E-state index in [1.807, 2.05) is 27.7 Å². The first kappa shape index (κ1) is 17.8. The highest BCUT2D eigenvalue weighted by molar-refractivity contribution is 5.68. The average Bonchev–Trinajstić information content (AvgIpc) is 2.82. The smallest absolute Gasteiger partial charge is 0.407 e. The lowest BCUT2D eigenvalue weighted by Crippen LogP contribution is -2.52. The lowest BCUT2D eigenvalue weighted by molar-refractivity contribution is -0.0478. The van der Waals surface area contributed by atoms with Crippen LogP contribution in [-0.2, 0) is 23.1 Å². The third-order valence-electron chi connectivity index (χ3n) is 3.92. The second-order valence-corrected chi connectivity index (χ2v) is 7.19. The predicted molar refractivity (Wildman–Crippen MR) is 89.3 cm³/mol. The van der Waals surface area contributed by atoms with Gasteiger partial charge in [-0.25, -0.2) is 4.79 Å². The molecule has 1 aromatic rings. The van der Waals surface area contributed by atoms with Crippen LogP contribution in [0.3, 0.4) is 0 Å². The molecule has 2 heterocycles. The number of ether oxygens (including phenoxy) is 2. The maximum atomic E-state index is 11.9. The first-order valence-electron chi connectivity index (χ1n) is 8.18. The molecule has 1 N–H and O–H groups in total. The lowest BCUT2D eigenvalue weighted by Gasteiger charge is -2.36. The van der Waals surface area contributed by atoms with Crippen molar-refractivity contribution in [2.75, 3.05) is 19.7 Å². The molecule has 2 rings (SSSR count). The van der Waals surface area contributed by atoms with Crippen LogP contribution in [0.2, 0.25) is 0 Å². The Hall–Kier alpha value is -1.53. The fraction of sp³-hybridized carbons (Fsp3) is 0.706. The van der Waals surface area contributed by atoms with Gasteiger partial charge in [-0.3, -0.25) is 4.90 Å². The molecule has 0 aromatic carbocycles. The average molecular weight is 323 g/mol. The van der Waals surface area contributed by atoms with Gasteiger partial charge in [0.05, 0.1) is 18.8 Å². The van der Waals surface area contributed by atoms with E-state index in [1.54, 1.807) is 0 Å². The monoisotopic (exact) mass is 323 g/mol. The quantitative estimate of drug-likeness (QED) is 0.922. The first-order valence-corrected chi connectivity index (χ1v) is 8.18. The van der Waals surface area contributed by atoms with Crippen LogP contribution >= 0.6 is 0 Å². The molecular weight excluding hydrogens is 294 g/mol. The van der Waals surface area contributed by atoms with Gasteiger partial charge in [0.15, 0.2) is 0 Å². The third-order valence-corrected chi connectivity index (χ3v) is 3.92. The summed E-state index contributed by atoms with van der Waals surface area (Å²) < 4.78 is 13.3. The summed E-state index contributed by atoms with van der Waals surface area (Å²) in [4.78, 5) is 14.2. The molecule has 6 nitrogen and oxygen atoms in total. The number of nitrogens with one attached hydrogen (secondary N) is 1. The first-order chi connectivity index (χ1) is 10.7. The van der Waals surface area contributed by atoms with Gasteiger partial charge in [0, 0.05) is 38.6 Å². The van der Waals surface area contributed by atoms with Crippen molar-refractivity contribution in [3.8, 4) is 0 Å². The van der Waals surface area contributed by atoms with Crippen molar-refractivity contribution >= 4 is 6.09 Å². The van der Waals surface area contributed by atoms with E-state index >= 15 is 0 Å². The van der Waals surface area contributed by atoms with Crippen LogP contribution in [-0.4, -0.2) is 53.0 Å². The molecule has 1 aliphatic rings. The summed E-state index contributed by atoms with van der Waals surface area (Å²) in [5, 5.41) is 2.88. The number of alkyl carbamates (subject to hydrolysis) is 1. The van der Waals surface area contributed by atoms with Crippen LogP contribution in [0, 0.1) is 0 Å². The molecule has 0 saturated carbocycles. The molecule has 23 heavy (non-hydrogen) atoms. The van der Waals surface area contributed by atoms with Gasteiger partial charge in [-0.1, -0.05) is 0 Å². The fourth-order valence-electron chi connectivity index (χ4n) is 2.65. The highest BCUT2D eigenvalue weighted by atomic mass is 16.6. The molecule has 130 valence electrons. The van der Waals surface area contributed by atoms with E-state index in [4.69, 9.17) is 9.47 Å². The zero-order valence-corrected chi connectivity index (χ0v) is 14.8. The van der Waals surface area contributed by atoms with Gasteiger partial charge >= 0.3 is 6.09 Å². The minimum Gasteiger partial charge on any atom is -0.444 e. The maximum Gasteiger partial charge on any atom is 0.407 e. The molecule has 0 spiro atoms. The van der Waals surface area contributed by atoms with E-state index in [9.17, 15) is 4.79 Å². The summed E-state index contributed by atoms with van der Waals surface area (Å²) in [5.41, 5.74) is 0.786. The minimum absolute atomic E-state index is 0.0310. The molecule has 0 unspecified atom stereocenters. The van der Waals surface area contributed by atoms with Crippen LogP contribution in [0.5, 0.6) is 0 Å². The molecule has 6 heteroatoms. The Bertz CT molecular complexity index is 521. The lowest BCUT2D eigenvalue weighted by atomic mass is 10.1. The number of carbonyl (C=O) groups is 1. The van der Waals surface area contributed by atoms with Crippen LogP contribution in [0.1, 0.15) is 33.4 Å². The topological polar surface area (TPSA) is 55.7 Å². The van der Waals surface area contributed by atoms with E-state index in [1.165, 1.54) is 5.69 Å². The van der Waals surface area contributed by atoms with Crippen molar-refractivity contribution in [3.05, 3.63) is 24.0 Å². The van der Waals surface area contributed by atoms with Crippen molar-refractivity contribution < 1.29 is 14.3 Å². The van der Waals surface area contributed by atoms with Gasteiger partial charge in [0.1, 0.15) is 5.60 Å². The minimum atomic E-state index is -0.490. The number of aromatic nitrogens is 1. The van der Waals surface area contributed by atoms with E-state index in [0.29, 0.717) is 6.61 Å². The molecule has 0 bridgehead atoms. The number of nitrogens with zero attached hydrogens (tertiary/aromatic N) is 2. The van der Waals surface area contributed by atoms with Crippen molar-refractivity contribution in [3.63, 3.8) is 0 Å². The highest BCUT2D eigenvalue weighted by Crippen LogP contribution is 2.14. The van der Waals surface area contributed by atoms with Gasteiger partial charge in [-0.2, -0.15) is 0 Å². The zero-order chi connectivity index (χ0) is 17.0. The molecule has 1 fully saturated rings. The van der Waals surface area contributed by atoms with Crippen LogP contribution in [0.4, 0.5) is 4.79 Å². The predicted octanol–water partition coefficient (Wildman–Crippen LogP) is 2.14. The second-order valence-electron chi connectivity index (χ2n) is 7.19. The molecule has 1 aromatic heterocycles. The standard InChI is InChI=1S/C17H29N3O3/c1-13(18-16(21)23-17(2,3)4)15-12-20(9-10-22-15)11-14-7-6-8-19(14)5/h6-8,13,15H,9-12H2,1-5H3,(H,18,21)/t13-,15-/m0/s1. The largest absolute Gasteiger partial charge is 0.444 e. The summed E-state index contributed by atoms with van der Waals surface area (Å²) in [6.45, 7) is 10.8. The molecule has 1 amide bonds. The molecular formula is C17H29N3O3. The zero-order valence-electron chi connectivity index (χ0n) is 14.8. The van der Waals surface area contributed by atoms with Crippen molar-refractivity contribution in [1.82, 2.24) is 14.8 Å². The SMILES string of the molecule is C[C@H](NC(=O)OC(C)(C)C)[C@@H]1CN(Cc2cccn2C)CCO1. The number of aryl methyl sites for hydroxylation is 1. The fourth-order valence-corrected chi connectivity index (χ4v) is 2.65. The number of amides is 1. The highest BCUT2D eigenvalue weighted by Gasteiger charge is 2.28. The van der Waals surface area contributed by atoms with E-state index in [2.05, 4.69) is 40.2 Å². The van der Waals surface area contributed by atoms with Crippen molar-refractivity contribution in [2.24, 2.45) is 7.05 Å². The summed E-state index contributed by atoms with van der Waals surface area (Å²) in [6.07, 6.45) is 1.63. The maximum absolute atomic E-state index is 11.9. The Morgan fingerprint density at radius 3 is 2.87 bits per heavy atom. The number of morpholine rings is 1. The van der Waals surface area contributed by atoms with Crippen LogP contribution in [0.25, 0.3) is 0 Å². The van der Waals surface area contributed by atoms with Gasteiger partial charge in [0.25, 0.3) is 0 Å². The Kier molecular flexibility index (Phi) is 5.70. The van der Waals surface area contributed by atoms with Crippen LogP contribution in [0.15, 0.2) is 18.3 Å². The Morgan fingerprint density at radius 2 is 2.26 bits per heavy atom. The second kappa shape index (κ2) is 7.36. The van der Waals surface area contributed by atoms with E-state index in [0.717, 1.165) is 19.6 Å². The van der Waals surface area contributed by atoms with Crippen molar-refractivity contribution in [2.45, 2.75) is 52.0 Å². The molecule has 0 aliphatic carbocycles. The normalized spacial score (nSPS) is 21.0. The molecule has 2 atom stereocenters. The van der Waals surface area contributed by atoms with Crippen molar-refractivity contribution in [1.29, 1.82) is 0 Å². The number of hydrogen-bond donors (Lipinski definition) is 1. The summed E-state index contributed by atoms with van der Waals surface area (Å²) in [5.74, 6) is 0. The van der Waals surface area contributed by atoms with E-state index in [-0.39, 0.29) is 12.1 Å². The Morgan fingerprint density at radius 1 is 1.52 bits per heavy atom. The third kappa shape index (κ3) is 5.55. The summed E-state index contributed by atoms with van der Waals surface area (Å²) in [7, 11) is 2.06. The van der Waals surface area contributed by atoms with Gasteiger partial charge in [0.2, 0.25) is 0 Å². The van der Waals surface area contributed by atoms with E-state index < -0.39 is 11.7 Å². The number of carbonyl (C=O) groups excluding carboxylic acids is 1. The van der Waals surface area contributed by atoms with Gasteiger partial charge in [-0.05, 0) is 39.8 Å². The van der Waals surface area contributed by atoms with Gasteiger partial charge in [-0.15, -0.1) is 0 Å². The van der Waals surface area contributed by atoms with Crippen LogP contribution < -0.4 is 5.32 Å². The molecule has 1 aliphatic heterocycles. The Labute approximate surface area is 138 Å². The van der Waals surface area contributed by atoms with Gasteiger partial charge < -0.3 is 19.4 Å². The number of hydrogen-bond acceptors (Lipinski definition) is 4. The molecule has 0 radical (unpaired) electrons.